The third-order valence-corrected chi connectivity index (χ3v) is 5.11. The van der Waals surface area contributed by atoms with Crippen molar-refractivity contribution in [3.63, 3.8) is 0 Å². The smallest absolute Gasteiger partial charge is 0.340 e. The van der Waals surface area contributed by atoms with Gasteiger partial charge in [0.1, 0.15) is 0 Å². The van der Waals surface area contributed by atoms with E-state index in [1.165, 1.54) is 11.3 Å². The minimum atomic E-state index is -0.294. The first-order valence-corrected chi connectivity index (χ1v) is 9.84. The van der Waals surface area contributed by atoms with Gasteiger partial charge in [0.2, 0.25) is 0 Å². The highest BCUT2D eigenvalue weighted by molar-refractivity contribution is 7.15. The van der Waals surface area contributed by atoms with Crippen molar-refractivity contribution in [2.24, 2.45) is 0 Å². The topological polar surface area (TPSA) is 63.7 Å². The lowest BCUT2D eigenvalue weighted by Gasteiger charge is -2.30. The molecule has 8 heteroatoms. The van der Waals surface area contributed by atoms with Gasteiger partial charge in [-0.15, -0.1) is 11.3 Å². The van der Waals surface area contributed by atoms with Gasteiger partial charge in [0.15, 0.2) is 4.47 Å². The second-order valence-electron chi connectivity index (χ2n) is 5.90. The van der Waals surface area contributed by atoms with Crippen LogP contribution >= 0.6 is 22.9 Å². The van der Waals surface area contributed by atoms with Crippen LogP contribution in [0.5, 0.6) is 0 Å². The summed E-state index contributed by atoms with van der Waals surface area (Å²) < 4.78 is 11.3. The predicted molar refractivity (Wildman–Crippen MR) is 104 cm³/mol. The van der Waals surface area contributed by atoms with Gasteiger partial charge >= 0.3 is 5.97 Å². The molecule has 3 rings (SSSR count). The third kappa shape index (κ3) is 4.87. The molecule has 26 heavy (non-hydrogen) atoms. The van der Waals surface area contributed by atoms with Gasteiger partial charge in [-0.1, -0.05) is 18.5 Å². The zero-order valence-corrected chi connectivity index (χ0v) is 16.2. The Morgan fingerprint density at radius 3 is 2.92 bits per heavy atom. The van der Waals surface area contributed by atoms with Crippen molar-refractivity contribution in [2.45, 2.75) is 19.9 Å². The van der Waals surface area contributed by atoms with Gasteiger partial charge in [0, 0.05) is 29.9 Å². The van der Waals surface area contributed by atoms with Crippen molar-refractivity contribution >= 4 is 40.3 Å². The van der Waals surface area contributed by atoms with E-state index in [1.54, 1.807) is 6.20 Å². The number of nitrogens with one attached hydrogen (secondary N) is 1. The molecule has 1 aromatic carbocycles. The Hall–Kier alpha value is -1.83. The highest BCUT2D eigenvalue weighted by Gasteiger charge is 2.20. The number of carbonyl (C=O) groups is 1. The van der Waals surface area contributed by atoms with Gasteiger partial charge in [-0.25, -0.2) is 9.78 Å². The number of ether oxygens (including phenoxy) is 2. The van der Waals surface area contributed by atoms with Gasteiger partial charge in [0.25, 0.3) is 0 Å². The van der Waals surface area contributed by atoms with Gasteiger partial charge in [0.05, 0.1) is 37.6 Å². The Morgan fingerprint density at radius 2 is 2.23 bits per heavy atom. The van der Waals surface area contributed by atoms with Gasteiger partial charge < -0.3 is 19.7 Å². The fraction of sp³-hybridized carbons (Fsp3) is 0.444. The van der Waals surface area contributed by atoms with Crippen molar-refractivity contribution in [1.82, 2.24) is 4.98 Å². The van der Waals surface area contributed by atoms with Crippen molar-refractivity contribution in [1.29, 1.82) is 0 Å². The molecule has 2 aromatic rings. The number of aromatic nitrogens is 1. The second kappa shape index (κ2) is 9.21. The maximum Gasteiger partial charge on any atom is 0.340 e. The summed E-state index contributed by atoms with van der Waals surface area (Å²) in [6, 6.07) is 5.80. The molecular weight excluding hydrogens is 374 g/mol. The lowest BCUT2D eigenvalue weighted by atomic mass is 10.1. The SMILES string of the molecule is CCCOC(=O)c1cc(NCc2cnc(Cl)s2)ccc1N1CCOCC1. The molecule has 1 N–H and O–H groups in total. The molecule has 0 radical (unpaired) electrons. The van der Waals surface area contributed by atoms with Crippen LogP contribution in [0.1, 0.15) is 28.6 Å². The number of anilines is 2. The van der Waals surface area contributed by atoms with E-state index in [1.807, 2.05) is 25.1 Å². The van der Waals surface area contributed by atoms with Crippen LogP contribution in [0.3, 0.4) is 0 Å². The number of benzene rings is 1. The summed E-state index contributed by atoms with van der Waals surface area (Å²) in [5.41, 5.74) is 2.32. The minimum Gasteiger partial charge on any atom is -0.462 e. The zero-order valence-electron chi connectivity index (χ0n) is 14.7. The number of rotatable bonds is 7. The van der Waals surface area contributed by atoms with Crippen LogP contribution in [-0.4, -0.2) is 43.9 Å². The molecular formula is C18H22ClN3O3S. The average molecular weight is 396 g/mol. The summed E-state index contributed by atoms with van der Waals surface area (Å²) in [5, 5.41) is 3.32. The lowest BCUT2D eigenvalue weighted by molar-refractivity contribution is 0.0505. The Morgan fingerprint density at radius 1 is 1.42 bits per heavy atom. The molecule has 2 heterocycles. The number of morpholine rings is 1. The van der Waals surface area contributed by atoms with Gasteiger partial charge in [-0.05, 0) is 24.6 Å². The van der Waals surface area contributed by atoms with E-state index in [2.05, 4.69) is 15.2 Å². The number of esters is 1. The molecule has 0 unspecified atom stereocenters. The van der Waals surface area contributed by atoms with E-state index < -0.39 is 0 Å². The molecule has 1 saturated heterocycles. The monoisotopic (exact) mass is 395 g/mol. The fourth-order valence-electron chi connectivity index (χ4n) is 2.72. The largest absolute Gasteiger partial charge is 0.462 e. The van der Waals surface area contributed by atoms with Gasteiger partial charge in [-0.2, -0.15) is 0 Å². The molecule has 6 nitrogen and oxygen atoms in total. The molecule has 0 saturated carbocycles. The normalized spacial score (nSPS) is 14.3. The number of halogens is 1. The van der Waals surface area contributed by atoms with Crippen molar-refractivity contribution in [3.05, 3.63) is 39.3 Å². The van der Waals surface area contributed by atoms with Crippen LogP contribution in [-0.2, 0) is 16.0 Å². The van der Waals surface area contributed by atoms with Crippen LogP contribution in [0, 0.1) is 0 Å². The van der Waals surface area contributed by atoms with Crippen molar-refractivity contribution in [2.75, 3.05) is 43.1 Å². The number of hydrogen-bond acceptors (Lipinski definition) is 7. The summed E-state index contributed by atoms with van der Waals surface area (Å²) in [6.45, 7) is 5.85. The summed E-state index contributed by atoms with van der Waals surface area (Å²) in [7, 11) is 0. The van der Waals surface area contributed by atoms with E-state index in [0.717, 1.165) is 35.8 Å². The molecule has 1 aliphatic heterocycles. The van der Waals surface area contributed by atoms with Crippen molar-refractivity contribution in [3.8, 4) is 0 Å². The number of carbonyl (C=O) groups excluding carboxylic acids is 1. The Bertz CT molecular complexity index is 747. The predicted octanol–water partition coefficient (Wildman–Crippen LogP) is 3.81. The highest BCUT2D eigenvalue weighted by atomic mass is 35.5. The number of thiazole rings is 1. The molecule has 0 bridgehead atoms. The Balaban J connectivity index is 1.79. The van der Waals surface area contributed by atoms with Crippen LogP contribution in [0.4, 0.5) is 11.4 Å². The maximum atomic E-state index is 12.6. The zero-order chi connectivity index (χ0) is 18.4. The first-order chi connectivity index (χ1) is 12.7. The Labute approximate surface area is 162 Å². The molecule has 0 atom stereocenters. The summed E-state index contributed by atoms with van der Waals surface area (Å²) in [5.74, 6) is -0.294. The van der Waals surface area contributed by atoms with Crippen LogP contribution in [0.2, 0.25) is 4.47 Å². The molecule has 1 aliphatic rings. The average Bonchev–Trinajstić information content (AvgIpc) is 3.10. The third-order valence-electron chi connectivity index (χ3n) is 4.00. The molecule has 0 amide bonds. The van der Waals surface area contributed by atoms with Crippen LogP contribution in [0.15, 0.2) is 24.4 Å². The summed E-state index contributed by atoms with van der Waals surface area (Å²) in [6.07, 6.45) is 2.54. The first-order valence-electron chi connectivity index (χ1n) is 8.65. The highest BCUT2D eigenvalue weighted by Crippen LogP contribution is 2.27. The molecule has 0 spiro atoms. The fourth-order valence-corrected chi connectivity index (χ4v) is 3.63. The summed E-state index contributed by atoms with van der Waals surface area (Å²) >= 11 is 7.30. The Kier molecular flexibility index (Phi) is 6.71. The van der Waals surface area contributed by atoms with Crippen LogP contribution < -0.4 is 10.2 Å². The lowest BCUT2D eigenvalue weighted by Crippen LogP contribution is -2.37. The van der Waals surface area contributed by atoms with E-state index in [4.69, 9.17) is 21.1 Å². The van der Waals surface area contributed by atoms with E-state index in [9.17, 15) is 4.79 Å². The minimum absolute atomic E-state index is 0.294. The molecule has 0 aliphatic carbocycles. The van der Waals surface area contributed by atoms with E-state index >= 15 is 0 Å². The quantitative estimate of drug-likeness (QED) is 0.719. The molecule has 140 valence electrons. The van der Waals surface area contributed by atoms with E-state index in [-0.39, 0.29) is 5.97 Å². The standard InChI is InChI=1S/C18H22ClN3O3S/c1-2-7-25-17(23)15-10-13(20-11-14-12-21-18(19)26-14)3-4-16(15)22-5-8-24-9-6-22/h3-4,10,12,20H,2,5-9,11H2,1H3. The summed E-state index contributed by atoms with van der Waals surface area (Å²) in [4.78, 5) is 19.8. The molecule has 1 aromatic heterocycles. The van der Waals surface area contributed by atoms with Crippen molar-refractivity contribution < 1.29 is 14.3 Å². The first kappa shape index (κ1) is 18.9. The maximum absolute atomic E-state index is 12.6. The number of hydrogen-bond donors (Lipinski definition) is 1. The van der Waals surface area contributed by atoms with Crippen LogP contribution in [0.25, 0.3) is 0 Å². The molecule has 1 fully saturated rings. The van der Waals surface area contributed by atoms with Gasteiger partial charge in [-0.3, -0.25) is 0 Å². The van der Waals surface area contributed by atoms with E-state index in [0.29, 0.717) is 36.4 Å². The second-order valence-corrected chi connectivity index (χ2v) is 7.60. The number of nitrogens with zero attached hydrogens (tertiary/aromatic N) is 2.